The number of nitrogens with one attached hydrogen (secondary N) is 1. The number of rotatable bonds is 9. The maximum absolute atomic E-state index is 12.5. The van der Waals surface area contributed by atoms with E-state index in [2.05, 4.69) is 0 Å². The maximum atomic E-state index is 12.5. The highest BCUT2D eigenvalue weighted by Crippen LogP contribution is 2.29. The van der Waals surface area contributed by atoms with E-state index in [4.69, 9.17) is 14.6 Å². The lowest BCUT2D eigenvalue weighted by Gasteiger charge is -2.39. The molecule has 1 aliphatic heterocycles. The van der Waals surface area contributed by atoms with E-state index in [1.54, 1.807) is 20.8 Å². The molecule has 1 aliphatic rings. The molecule has 1 heterocycles. The van der Waals surface area contributed by atoms with Crippen LogP contribution < -0.4 is 5.32 Å². The first-order valence-corrected chi connectivity index (χ1v) is 9.95. The molecule has 0 spiro atoms. The maximum Gasteiger partial charge on any atom is 0.471 e. The third-order valence-corrected chi connectivity index (χ3v) is 4.67. The summed E-state index contributed by atoms with van der Waals surface area (Å²) >= 11 is 0. The molecule has 29 heavy (non-hydrogen) atoms. The molecule has 2 amide bonds. The highest BCUT2D eigenvalue weighted by molar-refractivity contribution is 5.81. The highest BCUT2D eigenvalue weighted by atomic mass is 19.4. The molecule has 0 radical (unpaired) electrons. The lowest BCUT2D eigenvalue weighted by atomic mass is 9.82. The number of hydrogen-bond acceptors (Lipinski definition) is 5. The molecule has 1 rings (SSSR count). The topological polar surface area (TPSA) is 88.1 Å². The van der Waals surface area contributed by atoms with E-state index in [0.717, 1.165) is 19.3 Å². The molecule has 0 saturated carbocycles. The Morgan fingerprint density at radius 1 is 1.14 bits per heavy atom. The lowest BCUT2D eigenvalue weighted by molar-refractivity contribution is -0.173. The van der Waals surface area contributed by atoms with Gasteiger partial charge in [-0.25, -0.2) is 4.79 Å². The summed E-state index contributed by atoms with van der Waals surface area (Å²) in [5.74, 6) is -2.18. The largest absolute Gasteiger partial charge is 0.471 e. The molecule has 2 N–H and O–H groups in total. The molecular weight excluding hydrogens is 393 g/mol. The number of amides is 2. The van der Waals surface area contributed by atoms with E-state index in [-0.39, 0.29) is 38.1 Å². The number of aliphatic hydroxyl groups excluding tert-OH is 1. The lowest BCUT2D eigenvalue weighted by Crippen LogP contribution is -2.50. The van der Waals surface area contributed by atoms with Crippen LogP contribution in [0.2, 0.25) is 0 Å². The second kappa shape index (κ2) is 11.6. The number of likely N-dealkylation sites (tertiary alicyclic amines) is 1. The molecule has 1 saturated heterocycles. The number of carbonyl (C=O) groups is 2. The van der Waals surface area contributed by atoms with Crippen molar-refractivity contribution in [2.24, 2.45) is 11.8 Å². The normalized spacial score (nSPS) is 20.4. The summed E-state index contributed by atoms with van der Waals surface area (Å²) in [7, 11) is 0. The first kappa shape index (κ1) is 25.5. The van der Waals surface area contributed by atoms with Crippen LogP contribution in [0.5, 0.6) is 0 Å². The average molecular weight is 426 g/mol. The number of piperidine rings is 1. The van der Waals surface area contributed by atoms with Gasteiger partial charge in [-0.15, -0.1) is 0 Å². The Bertz CT molecular complexity index is 523. The van der Waals surface area contributed by atoms with Crippen LogP contribution in [-0.2, 0) is 14.3 Å². The first-order chi connectivity index (χ1) is 13.4. The van der Waals surface area contributed by atoms with Gasteiger partial charge in [0.2, 0.25) is 0 Å². The van der Waals surface area contributed by atoms with Gasteiger partial charge >= 0.3 is 18.2 Å². The summed E-state index contributed by atoms with van der Waals surface area (Å²) in [6, 6.07) is 0. The van der Waals surface area contributed by atoms with Crippen molar-refractivity contribution >= 4 is 12.0 Å². The van der Waals surface area contributed by atoms with Gasteiger partial charge in [0.15, 0.2) is 0 Å². The fourth-order valence-corrected chi connectivity index (χ4v) is 3.29. The zero-order valence-corrected chi connectivity index (χ0v) is 17.4. The summed E-state index contributed by atoms with van der Waals surface area (Å²) < 4.78 is 48.1. The SMILES string of the molecule is CC(C)(C)OC(=O)N1CCC(CCCCOCCO)C(CNC(=O)C(F)(F)F)C1. The van der Waals surface area contributed by atoms with Gasteiger partial charge in [0.1, 0.15) is 5.60 Å². The number of carbonyl (C=O) groups excluding carboxylic acids is 2. The molecule has 0 bridgehead atoms. The van der Waals surface area contributed by atoms with Gasteiger partial charge in [-0.3, -0.25) is 4.79 Å². The van der Waals surface area contributed by atoms with Gasteiger partial charge in [0.05, 0.1) is 13.2 Å². The Labute approximate surface area is 169 Å². The van der Waals surface area contributed by atoms with Crippen molar-refractivity contribution in [2.75, 3.05) is 39.5 Å². The molecule has 0 aromatic heterocycles. The second-order valence-corrected chi connectivity index (χ2v) is 8.27. The van der Waals surface area contributed by atoms with Crippen LogP contribution >= 0.6 is 0 Å². The van der Waals surface area contributed by atoms with Crippen molar-refractivity contribution in [3.8, 4) is 0 Å². The first-order valence-electron chi connectivity index (χ1n) is 9.95. The summed E-state index contributed by atoms with van der Waals surface area (Å²) in [5.41, 5.74) is -0.664. The molecule has 170 valence electrons. The number of unbranched alkanes of at least 4 members (excludes halogenated alkanes) is 1. The number of nitrogens with zero attached hydrogens (tertiary/aromatic N) is 1. The van der Waals surface area contributed by atoms with Crippen molar-refractivity contribution in [3.63, 3.8) is 0 Å². The van der Waals surface area contributed by atoms with Crippen molar-refractivity contribution in [2.45, 2.75) is 58.2 Å². The minimum atomic E-state index is -4.93. The number of ether oxygens (including phenoxy) is 2. The fourth-order valence-electron chi connectivity index (χ4n) is 3.29. The Kier molecular flexibility index (Phi) is 10.2. The van der Waals surface area contributed by atoms with Crippen LogP contribution in [0.4, 0.5) is 18.0 Å². The van der Waals surface area contributed by atoms with Crippen molar-refractivity contribution in [3.05, 3.63) is 0 Å². The van der Waals surface area contributed by atoms with Gasteiger partial charge in [0, 0.05) is 26.2 Å². The van der Waals surface area contributed by atoms with Crippen LogP contribution in [0, 0.1) is 11.8 Å². The summed E-state index contributed by atoms with van der Waals surface area (Å²) in [6.07, 6.45) is -2.46. The summed E-state index contributed by atoms with van der Waals surface area (Å²) in [4.78, 5) is 25.0. The van der Waals surface area contributed by atoms with Crippen LogP contribution in [0.25, 0.3) is 0 Å². The van der Waals surface area contributed by atoms with Crippen molar-refractivity contribution in [1.29, 1.82) is 0 Å². The highest BCUT2D eigenvalue weighted by Gasteiger charge is 2.40. The minimum absolute atomic E-state index is 0.0376. The molecule has 10 heteroatoms. The Balaban J connectivity index is 2.63. The third-order valence-electron chi connectivity index (χ3n) is 4.67. The second-order valence-electron chi connectivity index (χ2n) is 8.27. The van der Waals surface area contributed by atoms with Crippen molar-refractivity contribution in [1.82, 2.24) is 10.2 Å². The fraction of sp³-hybridized carbons (Fsp3) is 0.895. The van der Waals surface area contributed by atoms with Gasteiger partial charge in [-0.05, 0) is 51.9 Å². The van der Waals surface area contributed by atoms with E-state index < -0.39 is 23.8 Å². The van der Waals surface area contributed by atoms with E-state index in [9.17, 15) is 22.8 Å². The molecule has 2 unspecified atom stereocenters. The summed E-state index contributed by atoms with van der Waals surface area (Å²) in [5, 5.41) is 10.6. The van der Waals surface area contributed by atoms with Crippen LogP contribution in [0.15, 0.2) is 0 Å². The summed E-state index contributed by atoms with van der Waals surface area (Å²) in [6.45, 7) is 6.54. The smallest absolute Gasteiger partial charge is 0.444 e. The molecule has 0 aromatic carbocycles. The quantitative estimate of drug-likeness (QED) is 0.554. The van der Waals surface area contributed by atoms with Crippen LogP contribution in [0.3, 0.4) is 0 Å². The van der Waals surface area contributed by atoms with Gasteiger partial charge < -0.3 is 24.8 Å². The number of alkyl halides is 3. The van der Waals surface area contributed by atoms with Gasteiger partial charge in [-0.2, -0.15) is 13.2 Å². The third kappa shape index (κ3) is 10.2. The van der Waals surface area contributed by atoms with Crippen LogP contribution in [0.1, 0.15) is 46.5 Å². The monoisotopic (exact) mass is 426 g/mol. The molecule has 0 aliphatic carbocycles. The van der Waals surface area contributed by atoms with Crippen molar-refractivity contribution < 1.29 is 37.3 Å². The van der Waals surface area contributed by atoms with E-state index in [1.165, 1.54) is 4.90 Å². The Hall–Kier alpha value is -1.55. The molecular formula is C19H33F3N2O5. The molecule has 1 fully saturated rings. The molecule has 2 atom stereocenters. The number of aliphatic hydroxyl groups is 1. The van der Waals surface area contributed by atoms with Gasteiger partial charge in [0.25, 0.3) is 0 Å². The predicted octanol–water partition coefficient (Wildman–Crippen LogP) is 2.72. The predicted molar refractivity (Wildman–Crippen MR) is 100 cm³/mol. The zero-order valence-electron chi connectivity index (χ0n) is 17.4. The van der Waals surface area contributed by atoms with Gasteiger partial charge in [-0.1, -0.05) is 6.42 Å². The van der Waals surface area contributed by atoms with E-state index in [1.807, 2.05) is 5.32 Å². The van der Waals surface area contributed by atoms with E-state index in [0.29, 0.717) is 19.6 Å². The Morgan fingerprint density at radius 2 is 1.83 bits per heavy atom. The molecule has 7 nitrogen and oxygen atoms in total. The minimum Gasteiger partial charge on any atom is -0.444 e. The molecule has 0 aromatic rings. The zero-order chi connectivity index (χ0) is 22.1. The average Bonchev–Trinajstić information content (AvgIpc) is 2.60. The number of halogens is 3. The van der Waals surface area contributed by atoms with Crippen LogP contribution in [-0.4, -0.2) is 73.2 Å². The Morgan fingerprint density at radius 3 is 2.41 bits per heavy atom. The van der Waals surface area contributed by atoms with E-state index >= 15 is 0 Å². The number of hydrogen-bond donors (Lipinski definition) is 2. The standard InChI is InChI=1S/C19H33F3N2O5/c1-18(2,3)29-17(27)24-8-7-14(6-4-5-10-28-11-9-25)15(13-24)12-23-16(26)19(20,21)22/h14-15,25H,4-13H2,1-3H3,(H,23,26).